The monoisotopic (exact) mass is 393 g/mol. The lowest BCUT2D eigenvalue weighted by atomic mass is 9.87. The number of nitrogens with zero attached hydrogens (tertiary/aromatic N) is 2. The van der Waals surface area contributed by atoms with Crippen molar-refractivity contribution in [3.05, 3.63) is 46.5 Å². The first-order valence-electron chi connectivity index (χ1n) is 9.56. The summed E-state index contributed by atoms with van der Waals surface area (Å²) in [7, 11) is 0. The van der Waals surface area contributed by atoms with Crippen LogP contribution in [0.2, 0.25) is 0 Å². The Morgan fingerprint density at radius 3 is 2.86 bits per heavy atom. The van der Waals surface area contributed by atoms with E-state index < -0.39 is 17.9 Å². The van der Waals surface area contributed by atoms with Crippen LogP contribution in [-0.2, 0) is 43.3 Å². The summed E-state index contributed by atoms with van der Waals surface area (Å²) in [6.45, 7) is 0.353. The molecule has 2 aliphatic rings. The molecule has 0 saturated heterocycles. The summed E-state index contributed by atoms with van der Waals surface area (Å²) in [5.41, 5.74) is 3.52. The second-order valence-electron chi connectivity index (χ2n) is 7.54. The molecule has 1 aromatic heterocycles. The Bertz CT molecular complexity index is 905. The smallest absolute Gasteiger partial charge is 0.449 e. The molecular weight excluding hydrogens is 371 g/mol. The van der Waals surface area contributed by atoms with E-state index in [1.54, 1.807) is 6.07 Å². The molecular formula is C20H22F3N3O2. The topological polar surface area (TPSA) is 67.2 Å². The standard InChI is InChI=1S/C20H22F3N3O2/c21-20(22,23)19-25-10-14-9-13(7-8-26(14)19)18(28)24-11-16-15-4-2-1-3-12(15)5-6-17(16)27/h5-6,10,13,27H,1-4,7-9,11H2,(H,24,28)/t13-/m1/s1. The summed E-state index contributed by atoms with van der Waals surface area (Å²) in [4.78, 5) is 16.1. The number of fused-ring (bicyclic) bond motifs is 2. The van der Waals surface area contributed by atoms with Gasteiger partial charge in [0.1, 0.15) is 5.75 Å². The second kappa shape index (κ2) is 7.14. The molecule has 0 bridgehead atoms. The van der Waals surface area contributed by atoms with Gasteiger partial charge in [-0.2, -0.15) is 13.2 Å². The molecule has 1 atom stereocenters. The number of hydrogen-bond acceptors (Lipinski definition) is 3. The predicted molar refractivity (Wildman–Crippen MR) is 95.6 cm³/mol. The Morgan fingerprint density at radius 1 is 1.29 bits per heavy atom. The van der Waals surface area contributed by atoms with Crippen LogP contribution in [0.5, 0.6) is 5.75 Å². The molecule has 1 amide bonds. The van der Waals surface area contributed by atoms with Gasteiger partial charge in [0.15, 0.2) is 0 Å². The lowest BCUT2D eigenvalue weighted by molar-refractivity contribution is -0.147. The molecule has 0 radical (unpaired) electrons. The number of halogens is 3. The van der Waals surface area contributed by atoms with Crippen LogP contribution in [0.25, 0.3) is 0 Å². The van der Waals surface area contributed by atoms with Gasteiger partial charge >= 0.3 is 6.18 Å². The highest BCUT2D eigenvalue weighted by atomic mass is 19.4. The van der Waals surface area contributed by atoms with Crippen LogP contribution >= 0.6 is 0 Å². The van der Waals surface area contributed by atoms with Crippen molar-refractivity contribution >= 4 is 5.91 Å². The van der Waals surface area contributed by atoms with E-state index in [0.717, 1.165) is 41.4 Å². The number of imidazole rings is 1. The third kappa shape index (κ3) is 3.47. The molecule has 2 heterocycles. The minimum Gasteiger partial charge on any atom is -0.508 e. The molecule has 1 aromatic carbocycles. The highest BCUT2D eigenvalue weighted by Gasteiger charge is 2.39. The highest BCUT2D eigenvalue weighted by Crippen LogP contribution is 2.33. The van der Waals surface area contributed by atoms with Crippen molar-refractivity contribution in [1.29, 1.82) is 0 Å². The summed E-state index contributed by atoms with van der Waals surface area (Å²) in [5, 5.41) is 13.1. The third-order valence-electron chi connectivity index (χ3n) is 5.79. The SMILES string of the molecule is O=C(NCc1c(O)ccc2c1CCCC2)[C@@H]1CCn2c(cnc2C(F)(F)F)C1. The van der Waals surface area contributed by atoms with Gasteiger partial charge in [0, 0.05) is 42.9 Å². The molecule has 5 nitrogen and oxygen atoms in total. The van der Waals surface area contributed by atoms with Crippen molar-refractivity contribution in [1.82, 2.24) is 14.9 Å². The number of aryl methyl sites for hydroxylation is 1. The molecule has 1 aliphatic heterocycles. The van der Waals surface area contributed by atoms with E-state index in [2.05, 4.69) is 10.3 Å². The van der Waals surface area contributed by atoms with Gasteiger partial charge in [-0.15, -0.1) is 0 Å². The Hall–Kier alpha value is -2.51. The maximum atomic E-state index is 13.0. The number of alkyl halides is 3. The third-order valence-corrected chi connectivity index (χ3v) is 5.79. The molecule has 8 heteroatoms. The van der Waals surface area contributed by atoms with E-state index in [9.17, 15) is 23.1 Å². The lowest BCUT2D eigenvalue weighted by Crippen LogP contribution is -2.35. The second-order valence-corrected chi connectivity index (χ2v) is 7.54. The van der Waals surface area contributed by atoms with Crippen molar-refractivity contribution in [2.45, 2.75) is 57.8 Å². The number of hydrogen-bond donors (Lipinski definition) is 2. The van der Waals surface area contributed by atoms with E-state index in [1.165, 1.54) is 11.8 Å². The van der Waals surface area contributed by atoms with Gasteiger partial charge in [-0.25, -0.2) is 4.98 Å². The number of nitrogens with one attached hydrogen (secondary N) is 1. The summed E-state index contributed by atoms with van der Waals surface area (Å²) < 4.78 is 40.0. The van der Waals surface area contributed by atoms with Crippen LogP contribution in [0.4, 0.5) is 13.2 Å². The molecule has 150 valence electrons. The van der Waals surface area contributed by atoms with Gasteiger partial charge in [0.05, 0.1) is 0 Å². The fraction of sp³-hybridized carbons (Fsp3) is 0.500. The molecule has 1 aliphatic carbocycles. The molecule has 0 spiro atoms. The molecule has 0 unspecified atom stereocenters. The molecule has 0 saturated carbocycles. The minimum absolute atomic E-state index is 0.119. The zero-order valence-corrected chi connectivity index (χ0v) is 15.4. The maximum absolute atomic E-state index is 13.0. The number of aromatic hydroxyl groups is 1. The van der Waals surface area contributed by atoms with Crippen molar-refractivity contribution in [2.24, 2.45) is 5.92 Å². The largest absolute Gasteiger partial charge is 0.508 e. The number of amides is 1. The van der Waals surface area contributed by atoms with Gasteiger partial charge < -0.3 is 15.0 Å². The number of benzene rings is 1. The molecule has 2 N–H and O–H groups in total. The molecule has 4 rings (SSSR count). The number of phenols is 1. The van der Waals surface area contributed by atoms with Crippen LogP contribution in [0.1, 0.15) is 47.5 Å². The van der Waals surface area contributed by atoms with Crippen LogP contribution < -0.4 is 5.32 Å². The average Bonchev–Trinajstić information content (AvgIpc) is 3.10. The van der Waals surface area contributed by atoms with Crippen LogP contribution in [0.3, 0.4) is 0 Å². The van der Waals surface area contributed by atoms with Crippen molar-refractivity contribution < 1.29 is 23.1 Å². The van der Waals surface area contributed by atoms with E-state index >= 15 is 0 Å². The minimum atomic E-state index is -4.49. The Morgan fingerprint density at radius 2 is 2.07 bits per heavy atom. The molecule has 0 fully saturated rings. The first-order valence-corrected chi connectivity index (χ1v) is 9.56. The lowest BCUT2D eigenvalue weighted by Gasteiger charge is -2.25. The van der Waals surface area contributed by atoms with E-state index in [4.69, 9.17) is 0 Å². The van der Waals surface area contributed by atoms with Gasteiger partial charge in [0.25, 0.3) is 0 Å². The summed E-state index contributed by atoms with van der Waals surface area (Å²) in [5.74, 6) is -1.32. The summed E-state index contributed by atoms with van der Waals surface area (Å²) >= 11 is 0. The number of phenolic OH excluding ortho intramolecular Hbond substituents is 1. The highest BCUT2D eigenvalue weighted by molar-refractivity contribution is 5.79. The van der Waals surface area contributed by atoms with E-state index in [0.29, 0.717) is 12.1 Å². The number of rotatable bonds is 3. The Kier molecular flexibility index (Phi) is 4.81. The summed E-state index contributed by atoms with van der Waals surface area (Å²) in [6.07, 6.45) is 1.33. The zero-order chi connectivity index (χ0) is 19.9. The number of carbonyl (C=O) groups is 1. The van der Waals surface area contributed by atoms with Gasteiger partial charge in [-0.1, -0.05) is 6.07 Å². The maximum Gasteiger partial charge on any atom is 0.449 e. The first kappa shape index (κ1) is 18.8. The van der Waals surface area contributed by atoms with E-state index in [1.807, 2.05) is 6.07 Å². The average molecular weight is 393 g/mol. The Labute approximate surface area is 160 Å². The van der Waals surface area contributed by atoms with Gasteiger partial charge in [-0.05, 0) is 49.3 Å². The molecule has 2 aromatic rings. The fourth-order valence-corrected chi connectivity index (χ4v) is 4.32. The fourth-order valence-electron chi connectivity index (χ4n) is 4.32. The van der Waals surface area contributed by atoms with Crippen LogP contribution in [0, 0.1) is 5.92 Å². The molecule has 28 heavy (non-hydrogen) atoms. The van der Waals surface area contributed by atoms with Crippen molar-refractivity contribution in [2.75, 3.05) is 0 Å². The van der Waals surface area contributed by atoms with Crippen molar-refractivity contribution in [3.8, 4) is 5.75 Å². The van der Waals surface area contributed by atoms with Crippen LogP contribution in [-0.4, -0.2) is 20.6 Å². The van der Waals surface area contributed by atoms with Gasteiger partial charge in [-0.3, -0.25) is 4.79 Å². The van der Waals surface area contributed by atoms with Crippen molar-refractivity contribution in [3.63, 3.8) is 0 Å². The van der Waals surface area contributed by atoms with E-state index in [-0.39, 0.29) is 31.2 Å². The zero-order valence-electron chi connectivity index (χ0n) is 15.4. The van der Waals surface area contributed by atoms with Gasteiger partial charge in [0.2, 0.25) is 11.7 Å². The predicted octanol–water partition coefficient (Wildman–Crippen LogP) is 3.37. The quantitative estimate of drug-likeness (QED) is 0.840. The number of carbonyl (C=O) groups excluding carboxylic acids is 1. The summed E-state index contributed by atoms with van der Waals surface area (Å²) in [6, 6.07) is 3.61. The van der Waals surface area contributed by atoms with Crippen LogP contribution in [0.15, 0.2) is 18.3 Å². The number of aromatic nitrogens is 2. The normalized spacial score (nSPS) is 19.0. The Balaban J connectivity index is 1.44. The first-order chi connectivity index (χ1) is 13.3.